The fraction of sp³-hybridized carbons (Fsp3) is 0.150. The first-order valence-corrected chi connectivity index (χ1v) is 11.4. The van der Waals surface area contributed by atoms with Gasteiger partial charge in [0.1, 0.15) is 11.0 Å². The third-order valence-corrected chi connectivity index (χ3v) is 7.03. The van der Waals surface area contributed by atoms with Gasteiger partial charge in [-0.25, -0.2) is 18.4 Å². The molecular formula is C20H16Cl3N3O3S. The number of halogens is 3. The smallest absolute Gasteiger partial charge is 0.222 e. The Labute approximate surface area is 189 Å². The number of benzene rings is 1. The summed E-state index contributed by atoms with van der Waals surface area (Å²) in [7, 11) is -3.84. The highest BCUT2D eigenvalue weighted by Gasteiger charge is 2.23. The van der Waals surface area contributed by atoms with Crippen LogP contribution in [0.15, 0.2) is 47.6 Å². The van der Waals surface area contributed by atoms with Gasteiger partial charge in [-0.2, -0.15) is 0 Å². The lowest BCUT2D eigenvalue weighted by atomic mass is 10.0. The molecule has 2 heterocycles. The number of carbonyl (C=O) groups is 1. The minimum Gasteiger partial charge on any atom is -0.311 e. The van der Waals surface area contributed by atoms with Crippen molar-refractivity contribution in [2.24, 2.45) is 0 Å². The van der Waals surface area contributed by atoms with E-state index >= 15 is 0 Å². The Bertz CT molecular complexity index is 1250. The van der Waals surface area contributed by atoms with Gasteiger partial charge in [0.05, 0.1) is 15.7 Å². The van der Waals surface area contributed by atoms with Crippen LogP contribution in [-0.2, 0) is 20.4 Å². The lowest BCUT2D eigenvalue weighted by Crippen LogP contribution is -2.09. The summed E-state index contributed by atoms with van der Waals surface area (Å²) >= 11 is 18.3. The maximum Gasteiger partial charge on any atom is 0.222 e. The van der Waals surface area contributed by atoms with E-state index < -0.39 is 15.6 Å². The summed E-state index contributed by atoms with van der Waals surface area (Å²) in [4.78, 5) is 19.5. The van der Waals surface area contributed by atoms with Crippen molar-refractivity contribution in [3.05, 3.63) is 69.1 Å². The summed E-state index contributed by atoms with van der Waals surface area (Å²) in [5, 5.41) is 3.02. The molecule has 0 aliphatic heterocycles. The van der Waals surface area contributed by atoms with Crippen LogP contribution < -0.4 is 5.32 Å². The fourth-order valence-electron chi connectivity index (χ4n) is 2.90. The standard InChI is InChI=1S/C20H16Cl3N3O3S/c1-11-15(13-5-6-24-19(7-13)26-12(2)27)9-25-20(23)16(11)10-30(28,29)18-8-14(21)3-4-17(18)22/h3-9H,10H2,1-2H3,(H,24,26,27). The van der Waals surface area contributed by atoms with Gasteiger partial charge in [0.15, 0.2) is 9.84 Å². The maximum absolute atomic E-state index is 13.0. The number of carbonyl (C=O) groups excluding carboxylic acids is 1. The van der Waals surface area contributed by atoms with E-state index in [0.717, 1.165) is 0 Å². The molecule has 1 amide bonds. The molecule has 1 aromatic carbocycles. The van der Waals surface area contributed by atoms with Crippen LogP contribution in [0.5, 0.6) is 0 Å². The van der Waals surface area contributed by atoms with E-state index in [1.807, 2.05) is 0 Å². The summed E-state index contributed by atoms with van der Waals surface area (Å²) in [6.07, 6.45) is 3.09. The molecule has 1 N–H and O–H groups in total. The van der Waals surface area contributed by atoms with Crippen molar-refractivity contribution in [1.29, 1.82) is 0 Å². The zero-order valence-corrected chi connectivity index (χ0v) is 19.0. The van der Waals surface area contributed by atoms with E-state index in [2.05, 4.69) is 15.3 Å². The molecule has 0 saturated carbocycles. The van der Waals surface area contributed by atoms with Crippen molar-refractivity contribution in [2.45, 2.75) is 24.5 Å². The number of pyridine rings is 2. The largest absolute Gasteiger partial charge is 0.311 e. The van der Waals surface area contributed by atoms with Crippen molar-refractivity contribution >= 4 is 56.4 Å². The van der Waals surface area contributed by atoms with E-state index in [1.165, 1.54) is 31.3 Å². The number of nitrogens with zero attached hydrogens (tertiary/aromatic N) is 2. The number of rotatable bonds is 5. The number of aromatic nitrogens is 2. The predicted octanol–water partition coefficient (Wildman–Crippen LogP) is 5.34. The SMILES string of the molecule is CC(=O)Nc1cc(-c2cnc(Cl)c(CS(=O)(=O)c3cc(Cl)ccc3Cl)c2C)ccn1. The van der Waals surface area contributed by atoms with Gasteiger partial charge in [0.25, 0.3) is 0 Å². The Hall–Kier alpha value is -2.19. The number of hydrogen-bond acceptors (Lipinski definition) is 5. The van der Waals surface area contributed by atoms with E-state index in [1.54, 1.807) is 25.3 Å². The number of hydrogen-bond donors (Lipinski definition) is 1. The van der Waals surface area contributed by atoms with Gasteiger partial charge >= 0.3 is 0 Å². The molecule has 30 heavy (non-hydrogen) atoms. The van der Waals surface area contributed by atoms with Gasteiger partial charge in [0, 0.05) is 35.5 Å². The van der Waals surface area contributed by atoms with Crippen LogP contribution in [0.3, 0.4) is 0 Å². The molecule has 0 atom stereocenters. The first-order valence-electron chi connectivity index (χ1n) is 8.64. The second kappa shape index (κ2) is 8.89. The van der Waals surface area contributed by atoms with Crippen molar-refractivity contribution in [3.63, 3.8) is 0 Å². The van der Waals surface area contributed by atoms with Gasteiger partial charge < -0.3 is 5.32 Å². The molecule has 0 aliphatic rings. The summed E-state index contributed by atoms with van der Waals surface area (Å²) in [5.41, 5.74) is 2.35. The van der Waals surface area contributed by atoms with E-state index in [9.17, 15) is 13.2 Å². The summed E-state index contributed by atoms with van der Waals surface area (Å²) in [6, 6.07) is 7.66. The molecule has 0 spiro atoms. The Balaban J connectivity index is 2.06. The van der Waals surface area contributed by atoms with Gasteiger partial charge in [-0.05, 0) is 48.4 Å². The van der Waals surface area contributed by atoms with Crippen LogP contribution in [0.2, 0.25) is 15.2 Å². The van der Waals surface area contributed by atoms with Crippen LogP contribution in [0, 0.1) is 6.92 Å². The monoisotopic (exact) mass is 483 g/mol. The molecule has 10 heteroatoms. The van der Waals surface area contributed by atoms with Crippen molar-refractivity contribution in [2.75, 3.05) is 5.32 Å². The summed E-state index contributed by atoms with van der Waals surface area (Å²) in [6.45, 7) is 3.14. The molecule has 0 saturated heterocycles. The second-order valence-electron chi connectivity index (χ2n) is 6.51. The minimum absolute atomic E-state index is 0.0746. The normalized spacial score (nSPS) is 11.4. The first-order chi connectivity index (χ1) is 14.1. The van der Waals surface area contributed by atoms with Crippen LogP contribution >= 0.6 is 34.8 Å². The molecule has 3 rings (SSSR count). The summed E-state index contributed by atoms with van der Waals surface area (Å²) < 4.78 is 26.0. The third-order valence-electron chi connectivity index (χ3n) is 4.35. The van der Waals surface area contributed by atoms with Crippen molar-refractivity contribution in [1.82, 2.24) is 9.97 Å². The second-order valence-corrected chi connectivity index (χ2v) is 9.67. The number of anilines is 1. The van der Waals surface area contributed by atoms with E-state index in [4.69, 9.17) is 34.8 Å². The average Bonchev–Trinajstić information content (AvgIpc) is 2.66. The molecule has 0 radical (unpaired) electrons. The lowest BCUT2D eigenvalue weighted by molar-refractivity contribution is -0.114. The van der Waals surface area contributed by atoms with E-state index in [0.29, 0.717) is 28.1 Å². The molecule has 0 aliphatic carbocycles. The Kier molecular flexibility index (Phi) is 6.67. The molecule has 0 fully saturated rings. The number of amides is 1. The Morgan fingerprint density at radius 1 is 1.10 bits per heavy atom. The Morgan fingerprint density at radius 2 is 1.83 bits per heavy atom. The van der Waals surface area contributed by atoms with Gasteiger partial charge in [-0.15, -0.1) is 0 Å². The minimum atomic E-state index is -3.84. The van der Waals surface area contributed by atoms with Gasteiger partial charge in [-0.3, -0.25) is 4.79 Å². The fourth-order valence-corrected chi connectivity index (χ4v) is 5.51. The van der Waals surface area contributed by atoms with Crippen molar-refractivity contribution in [3.8, 4) is 11.1 Å². The molecule has 6 nitrogen and oxygen atoms in total. The number of sulfone groups is 1. The summed E-state index contributed by atoms with van der Waals surface area (Å²) in [5.74, 6) is -0.285. The molecule has 3 aromatic rings. The van der Waals surface area contributed by atoms with Crippen LogP contribution in [0.4, 0.5) is 5.82 Å². The van der Waals surface area contributed by atoms with Gasteiger partial charge in [-0.1, -0.05) is 34.8 Å². The third kappa shape index (κ3) is 4.92. The number of nitrogens with one attached hydrogen (secondary N) is 1. The predicted molar refractivity (Wildman–Crippen MR) is 119 cm³/mol. The van der Waals surface area contributed by atoms with Crippen LogP contribution in [0.25, 0.3) is 11.1 Å². The topological polar surface area (TPSA) is 89.0 Å². The van der Waals surface area contributed by atoms with Crippen molar-refractivity contribution < 1.29 is 13.2 Å². The zero-order chi connectivity index (χ0) is 22.1. The Morgan fingerprint density at radius 3 is 2.53 bits per heavy atom. The molecule has 0 bridgehead atoms. The van der Waals surface area contributed by atoms with E-state index in [-0.39, 0.29) is 26.0 Å². The maximum atomic E-state index is 13.0. The molecular weight excluding hydrogens is 469 g/mol. The van der Waals surface area contributed by atoms with Crippen LogP contribution in [-0.4, -0.2) is 24.3 Å². The zero-order valence-electron chi connectivity index (χ0n) is 15.9. The average molecular weight is 485 g/mol. The highest BCUT2D eigenvalue weighted by molar-refractivity contribution is 7.90. The molecule has 0 unspecified atom stereocenters. The van der Waals surface area contributed by atoms with Gasteiger partial charge in [0.2, 0.25) is 5.91 Å². The first kappa shape index (κ1) is 22.5. The molecule has 2 aromatic heterocycles. The highest BCUT2D eigenvalue weighted by atomic mass is 35.5. The highest BCUT2D eigenvalue weighted by Crippen LogP contribution is 2.33. The molecule has 156 valence electrons. The lowest BCUT2D eigenvalue weighted by Gasteiger charge is -2.14. The van der Waals surface area contributed by atoms with Crippen LogP contribution in [0.1, 0.15) is 18.1 Å². The quantitative estimate of drug-likeness (QED) is 0.493.